The van der Waals surface area contributed by atoms with Gasteiger partial charge < -0.3 is 19.6 Å². The van der Waals surface area contributed by atoms with Gasteiger partial charge in [0, 0.05) is 0 Å². The van der Waals surface area contributed by atoms with Crippen molar-refractivity contribution in [3.05, 3.63) is 0 Å². The van der Waals surface area contributed by atoms with Crippen LogP contribution >= 0.6 is 7.60 Å². The molecular weight excluding hydrogens is 159 g/mol. The van der Waals surface area contributed by atoms with Crippen molar-refractivity contribution in [1.29, 1.82) is 0 Å². The molecule has 0 heterocycles. The Labute approximate surface area is 58.8 Å². The molecule has 6 heteroatoms. The highest BCUT2D eigenvalue weighted by molar-refractivity contribution is 7.51. The summed E-state index contributed by atoms with van der Waals surface area (Å²) in [6, 6.07) is 0. The number of aliphatic hydroxyl groups excluding tert-OH is 1. The maximum Gasteiger partial charge on any atom is 0.350 e. The van der Waals surface area contributed by atoms with Gasteiger partial charge in [-0.15, -0.1) is 0 Å². The molecule has 0 aliphatic carbocycles. The van der Waals surface area contributed by atoms with E-state index in [1.165, 1.54) is 6.92 Å². The highest BCUT2D eigenvalue weighted by Crippen LogP contribution is 2.33. The smallest absolute Gasteiger partial charge is 0.350 e. The minimum Gasteiger partial charge on any atom is -0.391 e. The lowest BCUT2D eigenvalue weighted by atomic mass is 10.5. The Bertz CT molecular complexity index is 128. The van der Waals surface area contributed by atoms with Crippen LogP contribution in [0.4, 0.5) is 0 Å². The van der Waals surface area contributed by atoms with E-state index < -0.39 is 20.0 Å². The van der Waals surface area contributed by atoms with E-state index in [0.717, 1.165) is 0 Å². The largest absolute Gasteiger partial charge is 0.391 e. The van der Waals surface area contributed by atoms with Crippen LogP contribution in [0.2, 0.25) is 0 Å². The zero-order valence-corrected chi connectivity index (χ0v) is 6.49. The maximum absolute atomic E-state index is 10.1. The van der Waals surface area contributed by atoms with Crippen molar-refractivity contribution in [2.24, 2.45) is 0 Å². The lowest BCUT2D eigenvalue weighted by Crippen LogP contribution is -2.10. The molecule has 62 valence electrons. The fraction of sp³-hybridized carbons (Fsp3) is 1.00. The summed E-state index contributed by atoms with van der Waals surface area (Å²) in [6.07, 6.45) is -1.32. The van der Waals surface area contributed by atoms with Gasteiger partial charge >= 0.3 is 7.60 Å². The molecule has 0 aliphatic rings. The van der Waals surface area contributed by atoms with Gasteiger partial charge in [0.25, 0.3) is 0 Å². The van der Waals surface area contributed by atoms with Gasteiger partial charge in [0.15, 0.2) is 0 Å². The van der Waals surface area contributed by atoms with Crippen LogP contribution in [0.5, 0.6) is 0 Å². The standard InChI is InChI=1S/C4H11O5P/c1-4(5)2-9-3-10(6,7)8/h4-5H,2-3H2,1H3,(H2,6,7,8). The fourth-order valence-corrected chi connectivity index (χ4v) is 0.685. The molecule has 0 bridgehead atoms. The van der Waals surface area contributed by atoms with Crippen LogP contribution in [-0.2, 0) is 9.30 Å². The van der Waals surface area contributed by atoms with Crippen LogP contribution in [0, 0.1) is 0 Å². The van der Waals surface area contributed by atoms with Gasteiger partial charge in [-0.2, -0.15) is 0 Å². The first-order chi connectivity index (χ1) is 4.42. The normalized spacial score (nSPS) is 15.2. The average molecular weight is 170 g/mol. The molecule has 0 saturated carbocycles. The van der Waals surface area contributed by atoms with Gasteiger partial charge in [-0.05, 0) is 6.92 Å². The second kappa shape index (κ2) is 4.05. The molecule has 0 radical (unpaired) electrons. The molecule has 0 aliphatic heterocycles. The second-order valence-electron chi connectivity index (χ2n) is 2.01. The van der Waals surface area contributed by atoms with Gasteiger partial charge in [0.05, 0.1) is 12.7 Å². The molecule has 0 fully saturated rings. The summed E-state index contributed by atoms with van der Waals surface area (Å²) in [7, 11) is -4.06. The zero-order chi connectivity index (χ0) is 8.20. The lowest BCUT2D eigenvalue weighted by molar-refractivity contribution is 0.0609. The van der Waals surface area contributed by atoms with Crippen LogP contribution in [-0.4, -0.2) is 34.0 Å². The van der Waals surface area contributed by atoms with Crippen LogP contribution in [0.25, 0.3) is 0 Å². The van der Waals surface area contributed by atoms with Gasteiger partial charge in [-0.1, -0.05) is 0 Å². The zero-order valence-electron chi connectivity index (χ0n) is 5.60. The number of hydrogen-bond donors (Lipinski definition) is 3. The summed E-state index contributed by atoms with van der Waals surface area (Å²) in [6.45, 7) is 1.42. The Morgan fingerprint density at radius 2 is 2.10 bits per heavy atom. The summed E-state index contributed by atoms with van der Waals surface area (Å²) in [5, 5.41) is 8.57. The van der Waals surface area contributed by atoms with Crippen molar-refractivity contribution >= 4 is 7.60 Å². The highest BCUT2D eigenvalue weighted by Gasteiger charge is 2.12. The topological polar surface area (TPSA) is 87.0 Å². The first-order valence-corrected chi connectivity index (χ1v) is 4.52. The molecule has 10 heavy (non-hydrogen) atoms. The van der Waals surface area contributed by atoms with Crippen LogP contribution in [0.1, 0.15) is 6.92 Å². The van der Waals surface area contributed by atoms with E-state index in [2.05, 4.69) is 4.74 Å². The molecule has 3 N–H and O–H groups in total. The molecule has 1 unspecified atom stereocenters. The summed E-state index contributed by atoms with van der Waals surface area (Å²) < 4.78 is 14.5. The molecule has 5 nitrogen and oxygen atoms in total. The third-order valence-electron chi connectivity index (χ3n) is 0.619. The molecule has 0 aromatic carbocycles. The number of ether oxygens (including phenoxy) is 1. The van der Waals surface area contributed by atoms with E-state index in [1.54, 1.807) is 0 Å². The van der Waals surface area contributed by atoms with E-state index in [9.17, 15) is 4.57 Å². The van der Waals surface area contributed by atoms with Gasteiger partial charge in [-0.3, -0.25) is 4.57 Å². The molecule has 0 aromatic heterocycles. The molecule has 0 spiro atoms. The first kappa shape index (κ1) is 10.1. The monoisotopic (exact) mass is 170 g/mol. The van der Waals surface area contributed by atoms with Crippen molar-refractivity contribution in [1.82, 2.24) is 0 Å². The minimum atomic E-state index is -4.06. The van der Waals surface area contributed by atoms with Gasteiger partial charge in [0.2, 0.25) is 0 Å². The van der Waals surface area contributed by atoms with Crippen molar-refractivity contribution < 1.29 is 24.2 Å². The Morgan fingerprint density at radius 3 is 2.40 bits per heavy atom. The number of hydrogen-bond acceptors (Lipinski definition) is 3. The van der Waals surface area contributed by atoms with Crippen LogP contribution in [0.3, 0.4) is 0 Å². The highest BCUT2D eigenvalue weighted by atomic mass is 31.2. The Kier molecular flexibility index (Phi) is 4.08. The van der Waals surface area contributed by atoms with Crippen LogP contribution in [0.15, 0.2) is 0 Å². The minimum absolute atomic E-state index is 0.0505. The Hall–Kier alpha value is 0.0700. The molecule has 0 aromatic rings. The molecular formula is C4H11O5P. The quantitative estimate of drug-likeness (QED) is 0.496. The maximum atomic E-state index is 10.1. The van der Waals surface area contributed by atoms with Crippen molar-refractivity contribution in [2.75, 3.05) is 13.0 Å². The van der Waals surface area contributed by atoms with E-state index >= 15 is 0 Å². The van der Waals surface area contributed by atoms with E-state index in [-0.39, 0.29) is 6.61 Å². The number of aliphatic hydroxyl groups is 1. The second-order valence-corrected chi connectivity index (χ2v) is 3.60. The summed E-state index contributed by atoms with van der Waals surface area (Å²) in [5.41, 5.74) is 0. The number of rotatable bonds is 4. The molecule has 0 amide bonds. The van der Waals surface area contributed by atoms with Gasteiger partial charge in [-0.25, -0.2) is 0 Å². The van der Waals surface area contributed by atoms with Crippen molar-refractivity contribution in [3.63, 3.8) is 0 Å². The molecule has 1 atom stereocenters. The first-order valence-electron chi connectivity index (χ1n) is 2.72. The third-order valence-corrected chi connectivity index (χ3v) is 1.14. The molecule has 0 rings (SSSR count). The van der Waals surface area contributed by atoms with Crippen molar-refractivity contribution in [2.45, 2.75) is 13.0 Å². The lowest BCUT2D eigenvalue weighted by Gasteiger charge is -2.06. The predicted octanol–water partition coefficient (Wildman–Crippen LogP) is -0.481. The van der Waals surface area contributed by atoms with Crippen LogP contribution < -0.4 is 0 Å². The van der Waals surface area contributed by atoms with E-state index in [1.807, 2.05) is 0 Å². The Balaban J connectivity index is 3.30. The van der Waals surface area contributed by atoms with E-state index in [0.29, 0.717) is 0 Å². The average Bonchev–Trinajstić information content (AvgIpc) is 1.59. The SMILES string of the molecule is CC(O)COCP(=O)(O)O. The molecule has 0 saturated heterocycles. The fourth-order valence-electron chi connectivity index (χ4n) is 0.342. The summed E-state index contributed by atoms with van der Waals surface area (Å²) >= 11 is 0. The van der Waals surface area contributed by atoms with Crippen molar-refractivity contribution in [3.8, 4) is 0 Å². The van der Waals surface area contributed by atoms with Gasteiger partial charge in [0.1, 0.15) is 6.35 Å². The summed E-state index contributed by atoms with van der Waals surface area (Å²) in [4.78, 5) is 16.5. The van der Waals surface area contributed by atoms with E-state index in [4.69, 9.17) is 14.9 Å². The summed E-state index contributed by atoms with van der Waals surface area (Å²) in [5.74, 6) is 0. The Morgan fingerprint density at radius 1 is 1.60 bits per heavy atom. The predicted molar refractivity (Wildman–Crippen MR) is 34.5 cm³/mol. The third kappa shape index (κ3) is 8.07.